The van der Waals surface area contributed by atoms with Crippen molar-refractivity contribution in [3.8, 4) is 0 Å². The van der Waals surface area contributed by atoms with Crippen molar-refractivity contribution in [2.45, 2.75) is 37.3 Å². The number of nitrogens with zero attached hydrogens (tertiary/aromatic N) is 1. The van der Waals surface area contributed by atoms with Gasteiger partial charge in [0.25, 0.3) is 0 Å². The summed E-state index contributed by atoms with van der Waals surface area (Å²) in [6, 6.07) is 0. The number of aromatic amines is 1. The molecule has 2 heterocycles. The molecule has 1 aliphatic heterocycles. The average molecular weight is 284 g/mol. The minimum absolute atomic E-state index is 0.0805. The summed E-state index contributed by atoms with van der Waals surface area (Å²) in [6.07, 6.45) is 3.23. The number of thioether (sulfide) groups is 1. The van der Waals surface area contributed by atoms with E-state index in [0.29, 0.717) is 11.4 Å². The van der Waals surface area contributed by atoms with Crippen LogP contribution in [-0.4, -0.2) is 39.5 Å². The van der Waals surface area contributed by atoms with Crippen molar-refractivity contribution < 1.29 is 14.6 Å². The van der Waals surface area contributed by atoms with Gasteiger partial charge in [-0.1, -0.05) is 0 Å². The maximum Gasteiger partial charge on any atom is 0.346 e. The molecular weight excluding hydrogens is 268 g/mol. The largest absolute Gasteiger partial charge is 0.478 e. The number of hydrogen-bond acceptors (Lipinski definition) is 5. The summed E-state index contributed by atoms with van der Waals surface area (Å²) in [5, 5.41) is 9.43. The SMILES string of the molecule is Cc1[nH]c(=O)nc(SCCC2CCCO2)c1C(=O)O. The number of nitrogens with one attached hydrogen (secondary N) is 1. The predicted octanol–water partition coefficient (Wildman–Crippen LogP) is 1.44. The van der Waals surface area contributed by atoms with Gasteiger partial charge in [-0.15, -0.1) is 11.8 Å². The number of aromatic carboxylic acids is 1. The lowest BCUT2D eigenvalue weighted by Gasteiger charge is -2.10. The summed E-state index contributed by atoms with van der Waals surface area (Å²) in [6.45, 7) is 2.37. The fourth-order valence-electron chi connectivity index (χ4n) is 2.07. The van der Waals surface area contributed by atoms with Crippen molar-refractivity contribution in [1.82, 2.24) is 9.97 Å². The van der Waals surface area contributed by atoms with Crippen LogP contribution in [0.1, 0.15) is 35.3 Å². The van der Waals surface area contributed by atoms with E-state index in [2.05, 4.69) is 9.97 Å². The zero-order valence-electron chi connectivity index (χ0n) is 10.6. The number of carbonyl (C=O) groups is 1. The number of rotatable bonds is 5. The normalized spacial score (nSPS) is 18.7. The van der Waals surface area contributed by atoms with Gasteiger partial charge in [0.15, 0.2) is 0 Å². The Morgan fingerprint density at radius 2 is 2.42 bits per heavy atom. The van der Waals surface area contributed by atoms with E-state index < -0.39 is 11.7 Å². The Kier molecular flexibility index (Phi) is 4.60. The van der Waals surface area contributed by atoms with E-state index in [-0.39, 0.29) is 16.7 Å². The highest BCUT2D eigenvalue weighted by Gasteiger charge is 2.19. The first-order chi connectivity index (χ1) is 9.08. The second-order valence-corrected chi connectivity index (χ2v) is 5.51. The van der Waals surface area contributed by atoms with Gasteiger partial charge in [0.05, 0.1) is 6.10 Å². The van der Waals surface area contributed by atoms with Crippen molar-refractivity contribution >= 4 is 17.7 Å². The van der Waals surface area contributed by atoms with Crippen molar-refractivity contribution in [3.63, 3.8) is 0 Å². The van der Waals surface area contributed by atoms with E-state index in [0.717, 1.165) is 25.9 Å². The topological polar surface area (TPSA) is 92.3 Å². The van der Waals surface area contributed by atoms with Crippen LogP contribution in [0.3, 0.4) is 0 Å². The van der Waals surface area contributed by atoms with Gasteiger partial charge >= 0.3 is 11.7 Å². The molecule has 1 aromatic heterocycles. The molecule has 1 aliphatic rings. The van der Waals surface area contributed by atoms with Gasteiger partial charge in [-0.3, -0.25) is 0 Å². The summed E-state index contributed by atoms with van der Waals surface area (Å²) in [7, 11) is 0. The molecule has 1 unspecified atom stereocenters. The molecule has 7 heteroatoms. The molecule has 0 amide bonds. The molecule has 1 saturated heterocycles. The lowest BCUT2D eigenvalue weighted by molar-refractivity contribution is 0.0690. The van der Waals surface area contributed by atoms with Gasteiger partial charge in [0.2, 0.25) is 0 Å². The van der Waals surface area contributed by atoms with Crippen LogP contribution in [0.4, 0.5) is 0 Å². The molecule has 0 spiro atoms. The van der Waals surface area contributed by atoms with Crippen LogP contribution in [-0.2, 0) is 4.74 Å². The lowest BCUT2D eigenvalue weighted by atomic mass is 10.2. The number of aryl methyl sites for hydroxylation is 1. The maximum absolute atomic E-state index is 11.3. The average Bonchev–Trinajstić information content (AvgIpc) is 2.80. The molecule has 104 valence electrons. The molecular formula is C12H16N2O4S. The zero-order chi connectivity index (χ0) is 13.8. The Hall–Kier alpha value is -1.34. The van der Waals surface area contributed by atoms with Gasteiger partial charge in [-0.05, 0) is 26.2 Å². The zero-order valence-corrected chi connectivity index (χ0v) is 11.5. The Bertz CT molecular complexity index is 523. The van der Waals surface area contributed by atoms with E-state index in [1.807, 2.05) is 0 Å². The third-order valence-corrected chi connectivity index (χ3v) is 4.01. The molecule has 1 atom stereocenters. The Labute approximate surface area is 114 Å². The molecule has 1 fully saturated rings. The molecule has 19 heavy (non-hydrogen) atoms. The van der Waals surface area contributed by atoms with Crippen molar-refractivity contribution in [2.24, 2.45) is 0 Å². The number of aromatic nitrogens is 2. The first-order valence-electron chi connectivity index (χ1n) is 6.16. The van der Waals surface area contributed by atoms with Gasteiger partial charge < -0.3 is 14.8 Å². The maximum atomic E-state index is 11.3. The van der Waals surface area contributed by atoms with Crippen molar-refractivity contribution in [1.29, 1.82) is 0 Å². The van der Waals surface area contributed by atoms with E-state index in [9.17, 15) is 9.59 Å². The minimum Gasteiger partial charge on any atom is -0.478 e. The summed E-state index contributed by atoms with van der Waals surface area (Å²) in [5.41, 5.74) is -0.0915. The summed E-state index contributed by atoms with van der Waals surface area (Å²) in [5.74, 6) is -0.373. The van der Waals surface area contributed by atoms with Crippen LogP contribution in [0.5, 0.6) is 0 Å². The number of H-pyrrole nitrogens is 1. The highest BCUT2D eigenvalue weighted by Crippen LogP contribution is 2.24. The molecule has 0 saturated carbocycles. The first-order valence-corrected chi connectivity index (χ1v) is 7.15. The minimum atomic E-state index is -1.07. The van der Waals surface area contributed by atoms with E-state index in [4.69, 9.17) is 9.84 Å². The Balaban J connectivity index is 2.05. The fraction of sp³-hybridized carbons (Fsp3) is 0.583. The van der Waals surface area contributed by atoms with Crippen LogP contribution in [0.15, 0.2) is 9.82 Å². The van der Waals surface area contributed by atoms with Crippen molar-refractivity contribution in [3.05, 3.63) is 21.7 Å². The third kappa shape index (κ3) is 3.57. The lowest BCUT2D eigenvalue weighted by Crippen LogP contribution is -2.18. The van der Waals surface area contributed by atoms with Crippen LogP contribution in [0.2, 0.25) is 0 Å². The van der Waals surface area contributed by atoms with E-state index >= 15 is 0 Å². The smallest absolute Gasteiger partial charge is 0.346 e. The molecule has 6 nitrogen and oxygen atoms in total. The number of carboxylic acid groups (broad SMARTS) is 1. The molecule has 1 aromatic rings. The van der Waals surface area contributed by atoms with Gasteiger partial charge in [0.1, 0.15) is 10.6 Å². The summed E-state index contributed by atoms with van der Waals surface area (Å²) < 4.78 is 5.50. The molecule has 0 bridgehead atoms. The van der Waals surface area contributed by atoms with Gasteiger partial charge in [-0.2, -0.15) is 4.98 Å². The summed E-state index contributed by atoms with van der Waals surface area (Å²) >= 11 is 1.30. The van der Waals surface area contributed by atoms with Crippen molar-refractivity contribution in [2.75, 3.05) is 12.4 Å². The van der Waals surface area contributed by atoms with Gasteiger partial charge in [-0.25, -0.2) is 9.59 Å². The highest BCUT2D eigenvalue weighted by atomic mass is 32.2. The third-order valence-electron chi connectivity index (χ3n) is 3.00. The van der Waals surface area contributed by atoms with Crippen LogP contribution >= 0.6 is 11.8 Å². The van der Waals surface area contributed by atoms with E-state index in [1.165, 1.54) is 11.8 Å². The quantitative estimate of drug-likeness (QED) is 0.628. The van der Waals surface area contributed by atoms with E-state index in [1.54, 1.807) is 6.92 Å². The second-order valence-electron chi connectivity index (χ2n) is 4.42. The van der Waals surface area contributed by atoms with Crippen LogP contribution in [0, 0.1) is 6.92 Å². The van der Waals surface area contributed by atoms with Gasteiger partial charge in [0, 0.05) is 18.1 Å². The standard InChI is InChI=1S/C12H16N2O4S/c1-7-9(11(15)16)10(14-12(17)13-7)19-6-4-8-3-2-5-18-8/h8H,2-6H2,1H3,(H,15,16)(H,13,14,17). The Morgan fingerprint density at radius 1 is 1.63 bits per heavy atom. The highest BCUT2D eigenvalue weighted by molar-refractivity contribution is 7.99. The Morgan fingerprint density at radius 3 is 3.05 bits per heavy atom. The molecule has 2 rings (SSSR count). The van der Waals surface area contributed by atoms with Crippen LogP contribution < -0.4 is 5.69 Å². The molecule has 0 aliphatic carbocycles. The summed E-state index contributed by atoms with van der Waals surface area (Å²) in [4.78, 5) is 28.6. The predicted molar refractivity (Wildman–Crippen MR) is 70.9 cm³/mol. The van der Waals surface area contributed by atoms with Crippen LogP contribution in [0.25, 0.3) is 0 Å². The number of hydrogen-bond donors (Lipinski definition) is 2. The number of carboxylic acids is 1. The molecule has 0 radical (unpaired) electrons. The second kappa shape index (κ2) is 6.21. The molecule has 2 N–H and O–H groups in total. The fourth-order valence-corrected chi connectivity index (χ4v) is 3.18. The first kappa shape index (κ1) is 14.1. The molecule has 0 aromatic carbocycles. The monoisotopic (exact) mass is 284 g/mol. The number of ether oxygens (including phenoxy) is 1.